The van der Waals surface area contributed by atoms with E-state index in [0.717, 1.165) is 18.7 Å². The van der Waals surface area contributed by atoms with E-state index < -0.39 is 6.10 Å². The van der Waals surface area contributed by atoms with Crippen molar-refractivity contribution in [3.63, 3.8) is 0 Å². The highest BCUT2D eigenvalue weighted by Gasteiger charge is 2.11. The lowest BCUT2D eigenvalue weighted by atomic mass is 10.1. The van der Waals surface area contributed by atoms with Crippen LogP contribution in [0.2, 0.25) is 0 Å². The fourth-order valence-electron chi connectivity index (χ4n) is 1.81. The van der Waals surface area contributed by atoms with E-state index in [1.165, 1.54) is 5.56 Å². The first-order valence-electron chi connectivity index (χ1n) is 5.99. The minimum absolute atomic E-state index is 0.199. The maximum absolute atomic E-state index is 9.45. The zero-order chi connectivity index (χ0) is 12.7. The number of nitrogens with two attached hydrogens (primary N) is 1. The molecular formula is C13H22N2O2. The molecule has 17 heavy (non-hydrogen) atoms. The predicted molar refractivity (Wildman–Crippen MR) is 68.4 cm³/mol. The quantitative estimate of drug-likeness (QED) is 0.640. The Morgan fingerprint density at radius 2 is 1.94 bits per heavy atom. The van der Waals surface area contributed by atoms with Gasteiger partial charge in [-0.1, -0.05) is 31.2 Å². The number of aliphatic hydroxyl groups is 2. The third-order valence-corrected chi connectivity index (χ3v) is 2.86. The molecule has 0 spiro atoms. The molecule has 0 aliphatic rings. The predicted octanol–water partition coefficient (Wildman–Crippen LogP) is 0.320. The van der Waals surface area contributed by atoms with Crippen molar-refractivity contribution in [2.75, 3.05) is 19.7 Å². The summed E-state index contributed by atoms with van der Waals surface area (Å²) in [4.78, 5) is 2.09. The molecule has 4 heteroatoms. The Hall–Kier alpha value is -0.940. The van der Waals surface area contributed by atoms with Gasteiger partial charge in [-0.05, 0) is 17.7 Å². The summed E-state index contributed by atoms with van der Waals surface area (Å²) in [5.41, 5.74) is 8.00. The fraction of sp³-hybridized carbons (Fsp3) is 0.538. The van der Waals surface area contributed by atoms with Crippen LogP contribution in [0, 0.1) is 0 Å². The molecule has 1 aromatic rings. The third kappa shape index (κ3) is 4.44. The lowest BCUT2D eigenvalue weighted by Gasteiger charge is -2.23. The lowest BCUT2D eigenvalue weighted by molar-refractivity contribution is 0.0584. The van der Waals surface area contributed by atoms with Crippen molar-refractivity contribution in [3.05, 3.63) is 35.4 Å². The average Bonchev–Trinajstić information content (AvgIpc) is 2.38. The van der Waals surface area contributed by atoms with E-state index in [0.29, 0.717) is 13.1 Å². The zero-order valence-electron chi connectivity index (χ0n) is 10.3. The van der Waals surface area contributed by atoms with Crippen LogP contribution in [0.4, 0.5) is 0 Å². The molecule has 1 aromatic carbocycles. The van der Waals surface area contributed by atoms with Crippen LogP contribution < -0.4 is 5.73 Å². The normalized spacial score (nSPS) is 13.0. The van der Waals surface area contributed by atoms with Gasteiger partial charge in [0.25, 0.3) is 0 Å². The summed E-state index contributed by atoms with van der Waals surface area (Å²) in [6, 6.07) is 8.04. The Morgan fingerprint density at radius 3 is 2.47 bits per heavy atom. The Morgan fingerprint density at radius 1 is 1.29 bits per heavy atom. The zero-order valence-corrected chi connectivity index (χ0v) is 10.3. The van der Waals surface area contributed by atoms with Crippen LogP contribution in [0.25, 0.3) is 0 Å². The van der Waals surface area contributed by atoms with Gasteiger partial charge in [0.15, 0.2) is 0 Å². The maximum atomic E-state index is 9.45. The maximum Gasteiger partial charge on any atom is 0.0897 e. The molecule has 0 saturated heterocycles. The molecule has 96 valence electrons. The molecule has 0 amide bonds. The first-order chi connectivity index (χ1) is 8.21. The van der Waals surface area contributed by atoms with Crippen LogP contribution >= 0.6 is 0 Å². The molecule has 1 rings (SSSR count). The molecule has 0 saturated carbocycles. The number of hydrogen-bond donors (Lipinski definition) is 3. The molecule has 4 N–H and O–H groups in total. The van der Waals surface area contributed by atoms with Gasteiger partial charge < -0.3 is 15.9 Å². The summed E-state index contributed by atoms with van der Waals surface area (Å²) in [6.07, 6.45) is -0.681. The Bertz CT molecular complexity index is 331. The summed E-state index contributed by atoms with van der Waals surface area (Å²) in [5, 5.41) is 18.3. The standard InChI is InChI=1S/C13H22N2O2/c1-2-15(9-13(17)10-16)8-12-6-4-3-5-11(12)7-14/h3-6,13,16-17H,2,7-10,14H2,1H3. The van der Waals surface area contributed by atoms with Gasteiger partial charge in [-0.2, -0.15) is 0 Å². The minimum Gasteiger partial charge on any atom is -0.394 e. The van der Waals surface area contributed by atoms with E-state index in [1.54, 1.807) is 0 Å². The average molecular weight is 238 g/mol. The van der Waals surface area contributed by atoms with Crippen molar-refractivity contribution in [3.8, 4) is 0 Å². The second-order valence-corrected chi connectivity index (χ2v) is 4.14. The minimum atomic E-state index is -0.681. The van der Waals surface area contributed by atoms with E-state index in [4.69, 9.17) is 10.8 Å². The topological polar surface area (TPSA) is 69.7 Å². The van der Waals surface area contributed by atoms with Gasteiger partial charge in [0.2, 0.25) is 0 Å². The number of nitrogens with zero attached hydrogens (tertiary/aromatic N) is 1. The van der Waals surface area contributed by atoms with Gasteiger partial charge in [0.05, 0.1) is 12.7 Å². The van der Waals surface area contributed by atoms with Crippen LogP contribution in [0.3, 0.4) is 0 Å². The lowest BCUT2D eigenvalue weighted by Crippen LogP contribution is -2.34. The SMILES string of the molecule is CCN(Cc1ccccc1CN)CC(O)CO. The first-order valence-corrected chi connectivity index (χ1v) is 5.99. The second kappa shape index (κ2) is 7.40. The number of rotatable bonds is 7. The van der Waals surface area contributed by atoms with Gasteiger partial charge in [0.1, 0.15) is 0 Å². The Balaban J connectivity index is 2.66. The Labute approximate surface area is 103 Å². The van der Waals surface area contributed by atoms with Crippen LogP contribution in [-0.2, 0) is 13.1 Å². The summed E-state index contributed by atoms with van der Waals surface area (Å²) in [7, 11) is 0. The molecule has 0 radical (unpaired) electrons. The summed E-state index contributed by atoms with van der Waals surface area (Å²) in [5.74, 6) is 0. The monoisotopic (exact) mass is 238 g/mol. The number of benzene rings is 1. The van der Waals surface area contributed by atoms with E-state index in [2.05, 4.69) is 11.0 Å². The van der Waals surface area contributed by atoms with Crippen molar-refractivity contribution in [1.82, 2.24) is 4.90 Å². The van der Waals surface area contributed by atoms with Crippen LogP contribution in [0.1, 0.15) is 18.1 Å². The molecular weight excluding hydrogens is 216 g/mol. The highest BCUT2D eigenvalue weighted by molar-refractivity contribution is 5.26. The molecule has 0 aromatic heterocycles. The van der Waals surface area contributed by atoms with Crippen molar-refractivity contribution in [1.29, 1.82) is 0 Å². The summed E-state index contributed by atoms with van der Waals surface area (Å²) >= 11 is 0. The van der Waals surface area contributed by atoms with Crippen LogP contribution in [0.5, 0.6) is 0 Å². The molecule has 4 nitrogen and oxygen atoms in total. The van der Waals surface area contributed by atoms with Gasteiger partial charge >= 0.3 is 0 Å². The molecule has 0 aliphatic heterocycles. The van der Waals surface area contributed by atoms with Gasteiger partial charge in [-0.3, -0.25) is 4.90 Å². The first kappa shape index (κ1) is 14.1. The highest BCUT2D eigenvalue weighted by Crippen LogP contribution is 2.11. The third-order valence-electron chi connectivity index (χ3n) is 2.86. The molecule has 1 unspecified atom stereocenters. The largest absolute Gasteiger partial charge is 0.394 e. The summed E-state index contributed by atoms with van der Waals surface area (Å²) in [6.45, 7) is 4.42. The molecule has 0 bridgehead atoms. The molecule has 0 heterocycles. The molecule has 0 aliphatic carbocycles. The fourth-order valence-corrected chi connectivity index (χ4v) is 1.81. The van der Waals surface area contributed by atoms with Crippen molar-refractivity contribution in [2.24, 2.45) is 5.73 Å². The van der Waals surface area contributed by atoms with Crippen molar-refractivity contribution < 1.29 is 10.2 Å². The highest BCUT2D eigenvalue weighted by atomic mass is 16.3. The van der Waals surface area contributed by atoms with E-state index in [-0.39, 0.29) is 6.61 Å². The summed E-state index contributed by atoms with van der Waals surface area (Å²) < 4.78 is 0. The van der Waals surface area contributed by atoms with Crippen LogP contribution in [0.15, 0.2) is 24.3 Å². The van der Waals surface area contributed by atoms with E-state index >= 15 is 0 Å². The van der Waals surface area contributed by atoms with E-state index in [1.807, 2.05) is 25.1 Å². The number of aliphatic hydroxyl groups excluding tert-OH is 2. The number of likely N-dealkylation sites (N-methyl/N-ethyl adjacent to an activating group) is 1. The van der Waals surface area contributed by atoms with Gasteiger partial charge in [-0.15, -0.1) is 0 Å². The molecule has 0 fully saturated rings. The van der Waals surface area contributed by atoms with Crippen LogP contribution in [-0.4, -0.2) is 40.9 Å². The second-order valence-electron chi connectivity index (χ2n) is 4.14. The smallest absolute Gasteiger partial charge is 0.0897 e. The molecule has 1 atom stereocenters. The van der Waals surface area contributed by atoms with Crippen molar-refractivity contribution >= 4 is 0 Å². The van der Waals surface area contributed by atoms with E-state index in [9.17, 15) is 5.11 Å². The Kier molecular flexibility index (Phi) is 6.15. The van der Waals surface area contributed by atoms with Gasteiger partial charge in [-0.25, -0.2) is 0 Å². The number of hydrogen-bond acceptors (Lipinski definition) is 4. The van der Waals surface area contributed by atoms with Crippen molar-refractivity contribution in [2.45, 2.75) is 26.1 Å². The van der Waals surface area contributed by atoms with Gasteiger partial charge in [0, 0.05) is 19.6 Å².